The first-order valence-electron chi connectivity index (χ1n) is 17.9. The van der Waals surface area contributed by atoms with E-state index in [9.17, 15) is 14.7 Å². The van der Waals surface area contributed by atoms with Gasteiger partial charge in [-0.15, -0.1) is 0 Å². The van der Waals surface area contributed by atoms with Crippen molar-refractivity contribution in [2.45, 2.75) is 65.0 Å². The highest BCUT2D eigenvalue weighted by Crippen LogP contribution is 2.38. The van der Waals surface area contributed by atoms with Gasteiger partial charge in [0.05, 0.1) is 34.6 Å². The molecule has 2 N–H and O–H groups in total. The van der Waals surface area contributed by atoms with Crippen LogP contribution in [0.1, 0.15) is 62.1 Å². The molecule has 3 aromatic rings. The molecule has 2 aliphatic rings. The Labute approximate surface area is 316 Å². The summed E-state index contributed by atoms with van der Waals surface area (Å²) in [5.74, 6) is 1.36. The number of aryl methyl sites for hydroxylation is 1. The van der Waals surface area contributed by atoms with Crippen molar-refractivity contribution in [3.8, 4) is 23.0 Å². The largest absolute Gasteiger partial charge is 0.490 e. The van der Waals surface area contributed by atoms with Crippen LogP contribution in [-0.2, 0) is 20.9 Å². The minimum absolute atomic E-state index is 0.0666. The third-order valence-corrected chi connectivity index (χ3v) is 10.2. The predicted octanol–water partition coefficient (Wildman–Crippen LogP) is 7.55. The lowest BCUT2D eigenvalue weighted by atomic mass is 9.80. The fraction of sp³-hybridized carbons (Fsp3) is 0.500. The quantitative estimate of drug-likeness (QED) is 0.120. The normalized spacial score (nSPS) is 17.3. The topological polar surface area (TPSA) is 116 Å². The average molecular weight is 758 g/mol. The molecule has 0 radical (unpaired) electrons. The van der Waals surface area contributed by atoms with E-state index in [0.717, 1.165) is 42.5 Å². The Bertz CT molecular complexity index is 1640. The van der Waals surface area contributed by atoms with Gasteiger partial charge in [0.1, 0.15) is 25.6 Å². The number of carbonyl (C=O) groups excluding carboxylic acids is 1. The van der Waals surface area contributed by atoms with E-state index < -0.39 is 11.4 Å². The minimum atomic E-state index is -0.910. The van der Waals surface area contributed by atoms with E-state index in [1.165, 1.54) is 0 Å². The van der Waals surface area contributed by atoms with E-state index in [0.29, 0.717) is 72.4 Å². The van der Waals surface area contributed by atoms with Crippen molar-refractivity contribution in [1.82, 2.24) is 10.2 Å². The Morgan fingerprint density at radius 2 is 1.54 bits per heavy atom. The van der Waals surface area contributed by atoms with E-state index in [-0.39, 0.29) is 37.0 Å². The van der Waals surface area contributed by atoms with Crippen LogP contribution in [0.2, 0.25) is 10.0 Å². The van der Waals surface area contributed by atoms with Crippen LogP contribution in [0.4, 0.5) is 0 Å². The highest BCUT2D eigenvalue weighted by molar-refractivity contribution is 6.37. The van der Waals surface area contributed by atoms with Gasteiger partial charge >= 0.3 is 5.97 Å². The summed E-state index contributed by atoms with van der Waals surface area (Å²) >= 11 is 12.6. The van der Waals surface area contributed by atoms with Crippen LogP contribution in [0, 0.1) is 18.3 Å². The predicted molar refractivity (Wildman–Crippen MR) is 201 cm³/mol. The Morgan fingerprint density at radius 1 is 0.865 bits per heavy atom. The van der Waals surface area contributed by atoms with E-state index >= 15 is 0 Å². The molecular weight excluding hydrogens is 707 g/mol. The van der Waals surface area contributed by atoms with Crippen LogP contribution in [0.3, 0.4) is 0 Å². The molecule has 1 saturated heterocycles. The second-order valence-electron chi connectivity index (χ2n) is 14.1. The smallest absolute Gasteiger partial charge is 0.309 e. The number of methoxy groups -OCH3 is 1. The fourth-order valence-corrected chi connectivity index (χ4v) is 6.99. The zero-order valence-electron chi connectivity index (χ0n) is 30.4. The SMILES string of the molecule is COCCOc1cc(CN(C(=O)[C@H]2CNCC[C@@H]2c2ccc(OCCOc3c(Cl)cc(C)cc3Cl)cc2)C2CC2)ccc1OCCC(C)(C)C(=O)O. The van der Waals surface area contributed by atoms with E-state index in [1.54, 1.807) is 21.0 Å². The van der Waals surface area contributed by atoms with Gasteiger partial charge in [-0.25, -0.2) is 0 Å². The van der Waals surface area contributed by atoms with Crippen molar-refractivity contribution in [2.75, 3.05) is 53.2 Å². The van der Waals surface area contributed by atoms with E-state index in [4.69, 9.17) is 46.9 Å². The number of hydrogen-bond acceptors (Lipinski definition) is 8. The van der Waals surface area contributed by atoms with E-state index in [1.807, 2.05) is 54.3 Å². The minimum Gasteiger partial charge on any atom is -0.490 e. The number of amides is 1. The average Bonchev–Trinajstić information content (AvgIpc) is 3.96. The molecule has 52 heavy (non-hydrogen) atoms. The number of hydrogen-bond donors (Lipinski definition) is 2. The van der Waals surface area contributed by atoms with Crippen molar-refractivity contribution < 1.29 is 38.4 Å². The Hall–Kier alpha value is -3.70. The molecule has 1 heterocycles. The molecular formula is C40H50Cl2N2O8. The molecule has 2 atom stereocenters. The number of piperidine rings is 1. The van der Waals surface area contributed by atoms with Crippen LogP contribution >= 0.6 is 23.2 Å². The summed E-state index contributed by atoms with van der Waals surface area (Å²) in [7, 11) is 1.61. The van der Waals surface area contributed by atoms with Crippen LogP contribution in [0.25, 0.3) is 0 Å². The van der Waals surface area contributed by atoms with E-state index in [2.05, 4.69) is 17.4 Å². The zero-order chi connectivity index (χ0) is 37.3. The molecule has 0 bridgehead atoms. The van der Waals surface area contributed by atoms with Crippen LogP contribution in [-0.4, -0.2) is 81.2 Å². The van der Waals surface area contributed by atoms with Crippen molar-refractivity contribution in [3.63, 3.8) is 0 Å². The molecule has 5 rings (SSSR count). The number of carbonyl (C=O) groups is 2. The number of ether oxygens (including phenoxy) is 5. The first kappa shape index (κ1) is 39.5. The number of halogens is 2. The molecule has 282 valence electrons. The Morgan fingerprint density at radius 3 is 2.21 bits per heavy atom. The highest BCUT2D eigenvalue weighted by Gasteiger charge is 2.40. The van der Waals surface area contributed by atoms with Crippen LogP contribution < -0.4 is 24.3 Å². The zero-order valence-corrected chi connectivity index (χ0v) is 31.9. The number of nitrogens with zero attached hydrogens (tertiary/aromatic N) is 1. The lowest BCUT2D eigenvalue weighted by molar-refractivity contribution is -0.147. The molecule has 0 spiro atoms. The van der Waals surface area contributed by atoms with Gasteiger partial charge < -0.3 is 39.0 Å². The molecule has 3 aromatic carbocycles. The lowest BCUT2D eigenvalue weighted by Gasteiger charge is -2.36. The summed E-state index contributed by atoms with van der Waals surface area (Å²) in [5, 5.41) is 13.9. The molecule has 1 aliphatic carbocycles. The maximum Gasteiger partial charge on any atom is 0.309 e. The van der Waals surface area contributed by atoms with Gasteiger partial charge in [0, 0.05) is 26.2 Å². The second kappa shape index (κ2) is 18.4. The molecule has 0 aromatic heterocycles. The number of benzene rings is 3. The highest BCUT2D eigenvalue weighted by atomic mass is 35.5. The fourth-order valence-electron chi connectivity index (χ4n) is 6.28. The van der Waals surface area contributed by atoms with Crippen molar-refractivity contribution in [2.24, 2.45) is 11.3 Å². The lowest BCUT2D eigenvalue weighted by Crippen LogP contribution is -2.47. The summed E-state index contributed by atoms with van der Waals surface area (Å²) in [6.07, 6.45) is 3.15. The van der Waals surface area contributed by atoms with Crippen LogP contribution in [0.5, 0.6) is 23.0 Å². The summed E-state index contributed by atoms with van der Waals surface area (Å²) in [6.45, 7) is 8.73. The Kier molecular flexibility index (Phi) is 14.0. The van der Waals surface area contributed by atoms with Gasteiger partial charge in [0.15, 0.2) is 17.2 Å². The number of aliphatic carboxylic acids is 1. The summed E-state index contributed by atoms with van der Waals surface area (Å²) in [6, 6.07) is 17.5. The molecule has 2 fully saturated rings. The summed E-state index contributed by atoms with van der Waals surface area (Å²) in [5.41, 5.74) is 2.10. The monoisotopic (exact) mass is 756 g/mol. The number of carboxylic acids is 1. The molecule has 10 nitrogen and oxygen atoms in total. The first-order chi connectivity index (χ1) is 25.0. The van der Waals surface area contributed by atoms with Gasteiger partial charge in [-0.1, -0.05) is 41.4 Å². The van der Waals surface area contributed by atoms with Gasteiger partial charge in [-0.3, -0.25) is 9.59 Å². The standard InChI is InChI=1S/C40H50Cl2N2O8/c1-26-21-33(41)37(34(42)22-26)52-20-19-49-30-10-6-28(7-11-30)31-13-15-43-24-32(31)38(45)44(29-8-9-29)25-27-5-12-35(36(23-27)51-18-17-48-4)50-16-14-40(2,3)39(46)47/h5-7,10-12,21-23,29,31-32,43H,8-9,13-20,24-25H2,1-4H3,(H,46,47)/t31-,32+/m1/s1. The molecule has 1 saturated carbocycles. The van der Waals surface area contributed by atoms with Gasteiger partial charge in [-0.05, 0) is 112 Å². The van der Waals surface area contributed by atoms with Gasteiger partial charge in [-0.2, -0.15) is 0 Å². The van der Waals surface area contributed by atoms with Gasteiger partial charge in [0.25, 0.3) is 0 Å². The first-order valence-corrected chi connectivity index (χ1v) is 18.7. The number of rotatable bonds is 19. The molecule has 1 aliphatic heterocycles. The number of carboxylic acid groups (broad SMARTS) is 1. The molecule has 12 heteroatoms. The Balaban J connectivity index is 1.22. The molecule has 0 unspecified atom stereocenters. The molecule has 1 amide bonds. The van der Waals surface area contributed by atoms with Crippen molar-refractivity contribution >= 4 is 35.1 Å². The number of nitrogens with one attached hydrogen (secondary N) is 1. The van der Waals surface area contributed by atoms with Crippen molar-refractivity contribution in [1.29, 1.82) is 0 Å². The second-order valence-corrected chi connectivity index (χ2v) is 15.0. The third kappa shape index (κ3) is 10.7. The summed E-state index contributed by atoms with van der Waals surface area (Å²) in [4.78, 5) is 27.9. The maximum atomic E-state index is 14.4. The maximum absolute atomic E-state index is 14.4. The van der Waals surface area contributed by atoms with Crippen LogP contribution in [0.15, 0.2) is 54.6 Å². The third-order valence-electron chi connectivity index (χ3n) is 9.59. The van der Waals surface area contributed by atoms with Crippen molar-refractivity contribution in [3.05, 3.63) is 81.3 Å². The van der Waals surface area contributed by atoms with Gasteiger partial charge in [0.2, 0.25) is 5.91 Å². The summed E-state index contributed by atoms with van der Waals surface area (Å²) < 4.78 is 28.9.